The lowest BCUT2D eigenvalue weighted by molar-refractivity contribution is 0.0583. The molecule has 7 heteroatoms. The number of hydrogen-bond donors (Lipinski definition) is 2. The molecule has 2 atom stereocenters. The molecule has 0 radical (unpaired) electrons. The smallest absolute Gasteiger partial charge is 0.255 e. The van der Waals surface area contributed by atoms with E-state index in [1.54, 1.807) is 62.8 Å². The molecule has 1 aliphatic rings. The van der Waals surface area contributed by atoms with Crippen LogP contribution < -0.4 is 20.5 Å². The lowest BCUT2D eigenvalue weighted by Crippen LogP contribution is -2.51. The number of methoxy groups -OCH3 is 2. The Morgan fingerprint density at radius 1 is 0.889 bits per heavy atom. The average molecular weight is 488 g/mol. The zero-order valence-corrected chi connectivity index (χ0v) is 20.8. The van der Waals surface area contributed by atoms with Gasteiger partial charge in [-0.3, -0.25) is 9.59 Å². The first kappa shape index (κ1) is 25.3. The van der Waals surface area contributed by atoms with Gasteiger partial charge in [0.05, 0.1) is 14.2 Å². The fraction of sp³-hybridized carbons (Fsp3) is 0.310. The number of nitrogens with zero attached hydrogens (tertiary/aromatic N) is 1. The molecule has 0 aliphatic heterocycles. The van der Waals surface area contributed by atoms with Crippen molar-refractivity contribution in [3.05, 3.63) is 89.5 Å². The van der Waals surface area contributed by atoms with Gasteiger partial charge in [-0.15, -0.1) is 0 Å². The second kappa shape index (κ2) is 11.7. The van der Waals surface area contributed by atoms with Crippen LogP contribution in [0, 0.1) is 0 Å². The molecule has 7 nitrogen and oxygen atoms in total. The van der Waals surface area contributed by atoms with E-state index in [0.29, 0.717) is 34.9 Å². The van der Waals surface area contributed by atoms with E-state index >= 15 is 0 Å². The summed E-state index contributed by atoms with van der Waals surface area (Å²) < 4.78 is 10.4. The zero-order valence-electron chi connectivity index (χ0n) is 20.8. The highest BCUT2D eigenvalue weighted by Gasteiger charge is 2.31. The molecule has 36 heavy (non-hydrogen) atoms. The second-order valence-electron chi connectivity index (χ2n) is 9.06. The third-order valence-electron chi connectivity index (χ3n) is 6.67. The van der Waals surface area contributed by atoms with Crippen LogP contribution in [-0.2, 0) is 6.54 Å². The van der Waals surface area contributed by atoms with E-state index in [4.69, 9.17) is 15.2 Å². The van der Waals surface area contributed by atoms with Crippen molar-refractivity contribution < 1.29 is 19.1 Å². The van der Waals surface area contributed by atoms with Gasteiger partial charge in [0, 0.05) is 35.4 Å². The number of anilines is 1. The largest absolute Gasteiger partial charge is 0.497 e. The van der Waals surface area contributed by atoms with Crippen LogP contribution in [0.15, 0.2) is 72.8 Å². The Labute approximate surface area is 212 Å². The number of nitrogens with one attached hydrogen (secondary N) is 1. The predicted molar refractivity (Wildman–Crippen MR) is 140 cm³/mol. The van der Waals surface area contributed by atoms with Crippen molar-refractivity contribution >= 4 is 17.5 Å². The summed E-state index contributed by atoms with van der Waals surface area (Å²) in [7, 11) is 3.19. The highest BCUT2D eigenvalue weighted by Crippen LogP contribution is 2.26. The summed E-state index contributed by atoms with van der Waals surface area (Å²) >= 11 is 0. The number of nitrogens with two attached hydrogens (primary N) is 1. The Kier molecular flexibility index (Phi) is 8.23. The van der Waals surface area contributed by atoms with Crippen molar-refractivity contribution in [2.24, 2.45) is 5.73 Å². The predicted octanol–water partition coefficient (Wildman–Crippen LogP) is 4.87. The van der Waals surface area contributed by atoms with Gasteiger partial charge in [0.25, 0.3) is 11.8 Å². The molecule has 188 valence electrons. The molecule has 0 saturated heterocycles. The third-order valence-corrected chi connectivity index (χ3v) is 6.67. The van der Waals surface area contributed by atoms with Crippen LogP contribution in [0.25, 0.3) is 0 Å². The van der Waals surface area contributed by atoms with Gasteiger partial charge in [-0.2, -0.15) is 0 Å². The molecule has 3 aromatic carbocycles. The number of hydrogen-bond acceptors (Lipinski definition) is 5. The molecule has 1 aliphatic carbocycles. The van der Waals surface area contributed by atoms with Crippen molar-refractivity contribution in [1.82, 2.24) is 4.90 Å². The Hall–Kier alpha value is -3.84. The maximum absolute atomic E-state index is 13.6. The van der Waals surface area contributed by atoms with Crippen molar-refractivity contribution in [3.8, 4) is 11.5 Å². The number of carbonyl (C=O) groups excluding carboxylic acids is 2. The van der Waals surface area contributed by atoms with Gasteiger partial charge in [-0.25, -0.2) is 0 Å². The van der Waals surface area contributed by atoms with Gasteiger partial charge in [0.2, 0.25) is 0 Å². The summed E-state index contributed by atoms with van der Waals surface area (Å²) in [5.74, 6) is 1.12. The summed E-state index contributed by atoms with van der Waals surface area (Å²) in [6.07, 6.45) is 3.89. The van der Waals surface area contributed by atoms with E-state index in [0.717, 1.165) is 31.2 Å². The summed E-state index contributed by atoms with van der Waals surface area (Å²) in [5, 5.41) is 2.95. The Morgan fingerprint density at radius 2 is 1.50 bits per heavy atom. The molecular weight excluding hydrogens is 454 g/mol. The van der Waals surface area contributed by atoms with E-state index in [-0.39, 0.29) is 23.9 Å². The number of rotatable bonds is 8. The van der Waals surface area contributed by atoms with Gasteiger partial charge < -0.3 is 25.4 Å². The standard InChI is InChI=1S/C29H33N3O4/c1-35-24-14-10-21(11-15-24)28(33)31-23-7-5-6-20(18-23)19-32(27-9-4-3-8-26(27)30)29(34)22-12-16-25(36-2)17-13-22/h5-7,10-18,26-27H,3-4,8-9,19,30H2,1-2H3,(H,31,33). The van der Waals surface area contributed by atoms with Crippen molar-refractivity contribution in [2.75, 3.05) is 19.5 Å². The molecule has 0 bridgehead atoms. The van der Waals surface area contributed by atoms with Gasteiger partial charge >= 0.3 is 0 Å². The first-order chi connectivity index (χ1) is 17.5. The number of carbonyl (C=O) groups is 2. The fourth-order valence-electron chi connectivity index (χ4n) is 4.66. The van der Waals surface area contributed by atoms with Gasteiger partial charge in [-0.05, 0) is 79.1 Å². The van der Waals surface area contributed by atoms with Crippen molar-refractivity contribution in [1.29, 1.82) is 0 Å². The average Bonchev–Trinajstić information content (AvgIpc) is 2.92. The summed E-state index contributed by atoms with van der Waals surface area (Å²) in [6.45, 7) is 0.398. The highest BCUT2D eigenvalue weighted by molar-refractivity contribution is 6.04. The quantitative estimate of drug-likeness (QED) is 0.473. The first-order valence-electron chi connectivity index (χ1n) is 12.2. The molecule has 1 fully saturated rings. The Morgan fingerprint density at radius 3 is 2.11 bits per heavy atom. The van der Waals surface area contributed by atoms with Crippen LogP contribution >= 0.6 is 0 Å². The van der Waals surface area contributed by atoms with E-state index in [1.165, 1.54) is 0 Å². The van der Waals surface area contributed by atoms with Gasteiger partial charge in [0.1, 0.15) is 11.5 Å². The zero-order chi connectivity index (χ0) is 25.5. The molecule has 3 N–H and O–H groups in total. The second-order valence-corrected chi connectivity index (χ2v) is 9.06. The summed E-state index contributed by atoms with van der Waals surface area (Å²) in [5.41, 5.74) is 9.21. The van der Waals surface area contributed by atoms with Crippen LogP contribution in [0.2, 0.25) is 0 Å². The van der Waals surface area contributed by atoms with Crippen LogP contribution in [0.1, 0.15) is 52.0 Å². The molecular formula is C29H33N3O4. The maximum atomic E-state index is 13.6. The lowest BCUT2D eigenvalue weighted by Gasteiger charge is -2.38. The number of amides is 2. The van der Waals surface area contributed by atoms with E-state index in [9.17, 15) is 9.59 Å². The van der Waals surface area contributed by atoms with Crippen molar-refractivity contribution in [3.63, 3.8) is 0 Å². The van der Waals surface area contributed by atoms with Crippen molar-refractivity contribution in [2.45, 2.75) is 44.3 Å². The van der Waals surface area contributed by atoms with Gasteiger partial charge in [-0.1, -0.05) is 25.0 Å². The van der Waals surface area contributed by atoms with E-state index in [1.807, 2.05) is 29.2 Å². The van der Waals surface area contributed by atoms with Crippen LogP contribution in [0.4, 0.5) is 5.69 Å². The summed E-state index contributed by atoms with van der Waals surface area (Å²) in [6, 6.07) is 21.6. The molecule has 0 aromatic heterocycles. The molecule has 1 saturated carbocycles. The lowest BCUT2D eigenvalue weighted by atomic mass is 9.89. The molecule has 2 unspecified atom stereocenters. The molecule has 0 heterocycles. The number of benzene rings is 3. The van der Waals surface area contributed by atoms with Gasteiger partial charge in [0.15, 0.2) is 0 Å². The first-order valence-corrected chi connectivity index (χ1v) is 12.2. The number of ether oxygens (including phenoxy) is 2. The topological polar surface area (TPSA) is 93.9 Å². The SMILES string of the molecule is COc1ccc(C(=O)Nc2cccc(CN(C(=O)c3ccc(OC)cc3)C3CCCCC3N)c2)cc1. The summed E-state index contributed by atoms with van der Waals surface area (Å²) in [4.78, 5) is 28.3. The monoisotopic (exact) mass is 487 g/mol. The van der Waals surface area contributed by atoms with E-state index < -0.39 is 0 Å². The molecule has 2 amide bonds. The Bertz CT molecular complexity index is 1180. The fourth-order valence-corrected chi connectivity index (χ4v) is 4.66. The minimum absolute atomic E-state index is 0.0501. The minimum Gasteiger partial charge on any atom is -0.497 e. The third kappa shape index (κ3) is 6.04. The Balaban J connectivity index is 1.54. The maximum Gasteiger partial charge on any atom is 0.255 e. The molecule has 0 spiro atoms. The normalized spacial score (nSPS) is 17.2. The van der Waals surface area contributed by atoms with Crippen LogP contribution in [-0.4, -0.2) is 43.0 Å². The van der Waals surface area contributed by atoms with E-state index in [2.05, 4.69) is 5.32 Å². The van der Waals surface area contributed by atoms with Crippen LogP contribution in [0.5, 0.6) is 11.5 Å². The highest BCUT2D eigenvalue weighted by atomic mass is 16.5. The minimum atomic E-state index is -0.213. The molecule has 4 rings (SSSR count). The van der Waals surface area contributed by atoms with Crippen LogP contribution in [0.3, 0.4) is 0 Å². The molecule has 3 aromatic rings.